The Kier molecular flexibility index (Phi) is 4.91. The second kappa shape index (κ2) is 7.10. The third-order valence-electron chi connectivity index (χ3n) is 3.54. The van der Waals surface area contributed by atoms with Gasteiger partial charge in [0.15, 0.2) is 16.7 Å². The molecule has 24 heavy (non-hydrogen) atoms. The van der Waals surface area contributed by atoms with E-state index in [4.69, 9.17) is 10.5 Å². The van der Waals surface area contributed by atoms with Crippen LogP contribution in [0.3, 0.4) is 0 Å². The molecular formula is C15H17FN6OS. The van der Waals surface area contributed by atoms with Crippen LogP contribution in [-0.2, 0) is 13.0 Å². The first-order valence-corrected chi connectivity index (χ1v) is 8.27. The molecule has 0 fully saturated rings. The monoisotopic (exact) mass is 348 g/mol. The van der Waals surface area contributed by atoms with E-state index in [2.05, 4.69) is 20.2 Å². The third kappa shape index (κ3) is 3.04. The first kappa shape index (κ1) is 16.6. The Morgan fingerprint density at radius 2 is 2.12 bits per heavy atom. The van der Waals surface area contributed by atoms with Gasteiger partial charge in [0.2, 0.25) is 0 Å². The predicted molar refractivity (Wildman–Crippen MR) is 88.6 cm³/mol. The predicted octanol–water partition coefficient (Wildman–Crippen LogP) is 2.04. The fourth-order valence-electron chi connectivity index (χ4n) is 2.38. The lowest BCUT2D eigenvalue weighted by atomic mass is 10.2. The Bertz CT molecular complexity index is 869. The highest BCUT2D eigenvalue weighted by Crippen LogP contribution is 2.33. The summed E-state index contributed by atoms with van der Waals surface area (Å²) < 4.78 is 20.9. The van der Waals surface area contributed by atoms with Crippen molar-refractivity contribution in [1.82, 2.24) is 24.7 Å². The average molecular weight is 348 g/mol. The van der Waals surface area contributed by atoms with Gasteiger partial charge in [0.25, 0.3) is 0 Å². The largest absolute Gasteiger partial charge is 0.494 e. The number of hydrogen-bond donors (Lipinski definition) is 1. The van der Waals surface area contributed by atoms with Gasteiger partial charge in [-0.3, -0.25) is 0 Å². The Hall–Kier alpha value is -2.26. The van der Waals surface area contributed by atoms with Gasteiger partial charge in [-0.2, -0.15) is 0 Å². The highest BCUT2D eigenvalue weighted by molar-refractivity contribution is 7.99. The van der Waals surface area contributed by atoms with Crippen LogP contribution in [0.1, 0.15) is 12.7 Å². The van der Waals surface area contributed by atoms with Gasteiger partial charge in [-0.15, -0.1) is 10.2 Å². The summed E-state index contributed by atoms with van der Waals surface area (Å²) in [5.41, 5.74) is 6.12. The summed E-state index contributed by atoms with van der Waals surface area (Å²) in [5, 5.41) is 10.5. The quantitative estimate of drug-likeness (QED) is 0.682. The Balaban J connectivity index is 2.04. The number of hydrogen-bond acceptors (Lipinski definition) is 7. The van der Waals surface area contributed by atoms with Crippen molar-refractivity contribution in [3.63, 3.8) is 0 Å². The maximum absolute atomic E-state index is 13.9. The molecule has 0 aliphatic rings. The number of nitrogens with zero attached hydrogens (tertiary/aromatic N) is 5. The number of fused-ring (bicyclic) bond motifs is 1. The van der Waals surface area contributed by atoms with Crippen LogP contribution < -0.4 is 10.5 Å². The molecule has 0 spiro atoms. The van der Waals surface area contributed by atoms with Gasteiger partial charge in [0, 0.05) is 24.4 Å². The molecule has 0 saturated heterocycles. The number of ether oxygens (including phenoxy) is 1. The molecule has 7 nitrogen and oxygen atoms in total. The van der Waals surface area contributed by atoms with E-state index in [0.717, 1.165) is 12.4 Å². The van der Waals surface area contributed by atoms with Gasteiger partial charge >= 0.3 is 0 Å². The summed E-state index contributed by atoms with van der Waals surface area (Å²) in [4.78, 5) is 8.42. The smallest absolute Gasteiger partial charge is 0.197 e. The van der Waals surface area contributed by atoms with Crippen molar-refractivity contribution >= 4 is 22.7 Å². The van der Waals surface area contributed by atoms with E-state index in [1.54, 1.807) is 6.07 Å². The van der Waals surface area contributed by atoms with Crippen LogP contribution in [0.2, 0.25) is 0 Å². The summed E-state index contributed by atoms with van der Waals surface area (Å²) >= 11 is 1.36. The van der Waals surface area contributed by atoms with Gasteiger partial charge < -0.3 is 15.0 Å². The van der Waals surface area contributed by atoms with E-state index in [-0.39, 0.29) is 5.75 Å². The van der Waals surface area contributed by atoms with Crippen LogP contribution >= 0.6 is 11.8 Å². The number of halogens is 1. The molecule has 0 saturated carbocycles. The number of nitrogens with two attached hydrogens (primary N) is 1. The molecule has 0 radical (unpaired) electrons. The molecule has 0 amide bonds. The minimum Gasteiger partial charge on any atom is -0.494 e. The van der Waals surface area contributed by atoms with Crippen molar-refractivity contribution in [2.45, 2.75) is 30.1 Å². The van der Waals surface area contributed by atoms with Gasteiger partial charge in [0.05, 0.1) is 12.6 Å². The molecule has 0 aliphatic carbocycles. The maximum Gasteiger partial charge on any atom is 0.197 e. The van der Waals surface area contributed by atoms with Crippen LogP contribution in [0.4, 0.5) is 4.39 Å². The van der Waals surface area contributed by atoms with Crippen LogP contribution in [0.5, 0.6) is 5.75 Å². The minimum absolute atomic E-state index is 0.153. The molecule has 0 unspecified atom stereocenters. The summed E-state index contributed by atoms with van der Waals surface area (Å²) in [6.07, 6.45) is 2.06. The molecule has 2 heterocycles. The summed E-state index contributed by atoms with van der Waals surface area (Å²) in [6.45, 7) is 3.26. The van der Waals surface area contributed by atoms with E-state index in [0.29, 0.717) is 34.1 Å². The van der Waals surface area contributed by atoms with Crippen LogP contribution in [0, 0.1) is 5.82 Å². The molecule has 2 N–H and O–H groups in total. The SMILES string of the molecule is CCn1c(CCN)nnc1Sc1ncnc2cc(F)c(OC)cc12. The van der Waals surface area contributed by atoms with Gasteiger partial charge in [-0.25, -0.2) is 14.4 Å². The summed E-state index contributed by atoms with van der Waals surface area (Å²) in [7, 11) is 1.42. The zero-order valence-electron chi connectivity index (χ0n) is 13.4. The molecule has 1 aromatic carbocycles. The Labute approximate surface area is 142 Å². The zero-order chi connectivity index (χ0) is 17.1. The first-order valence-electron chi connectivity index (χ1n) is 7.46. The summed E-state index contributed by atoms with van der Waals surface area (Å²) in [6, 6.07) is 2.94. The lowest BCUT2D eigenvalue weighted by molar-refractivity contribution is 0.387. The fourth-order valence-corrected chi connectivity index (χ4v) is 3.36. The third-order valence-corrected chi connectivity index (χ3v) is 4.54. The van der Waals surface area contributed by atoms with Crippen molar-refractivity contribution in [3.05, 3.63) is 30.1 Å². The zero-order valence-corrected chi connectivity index (χ0v) is 14.2. The number of benzene rings is 1. The highest BCUT2D eigenvalue weighted by atomic mass is 32.2. The normalized spacial score (nSPS) is 11.2. The standard InChI is InChI=1S/C15H17FN6OS/c1-3-22-13(4-5-17)20-21-15(22)24-14-9-6-12(23-2)10(16)7-11(9)18-8-19-14/h6-8H,3-5,17H2,1-2H3. The van der Waals surface area contributed by atoms with Gasteiger partial charge in [-0.1, -0.05) is 0 Å². The molecule has 126 valence electrons. The van der Waals surface area contributed by atoms with E-state index in [9.17, 15) is 4.39 Å². The first-order chi connectivity index (χ1) is 11.7. The van der Waals surface area contributed by atoms with Crippen molar-refractivity contribution in [1.29, 1.82) is 0 Å². The molecular weight excluding hydrogens is 331 g/mol. The van der Waals surface area contributed by atoms with Crippen LogP contribution in [0.25, 0.3) is 10.9 Å². The van der Waals surface area contributed by atoms with Crippen LogP contribution in [-0.4, -0.2) is 38.4 Å². The number of rotatable bonds is 6. The molecule has 0 aliphatic heterocycles. The molecule has 9 heteroatoms. The van der Waals surface area contributed by atoms with Crippen molar-refractivity contribution in [2.75, 3.05) is 13.7 Å². The fraction of sp³-hybridized carbons (Fsp3) is 0.333. The maximum atomic E-state index is 13.9. The van der Waals surface area contributed by atoms with Crippen molar-refractivity contribution in [3.8, 4) is 5.75 Å². The second-order valence-corrected chi connectivity index (χ2v) is 5.92. The highest BCUT2D eigenvalue weighted by Gasteiger charge is 2.16. The van der Waals surface area contributed by atoms with E-state index < -0.39 is 5.82 Å². The topological polar surface area (TPSA) is 91.7 Å². The van der Waals surface area contributed by atoms with Crippen molar-refractivity contribution < 1.29 is 9.13 Å². The number of aromatic nitrogens is 5. The molecule has 0 bridgehead atoms. The van der Waals surface area contributed by atoms with Gasteiger partial charge in [-0.05, 0) is 31.3 Å². The second-order valence-electron chi connectivity index (χ2n) is 4.97. The van der Waals surface area contributed by atoms with E-state index in [1.165, 1.54) is 31.3 Å². The van der Waals surface area contributed by atoms with Crippen molar-refractivity contribution in [2.24, 2.45) is 5.73 Å². The summed E-state index contributed by atoms with van der Waals surface area (Å²) in [5.74, 6) is 0.533. The number of methoxy groups -OCH3 is 1. The molecule has 3 aromatic rings. The lowest BCUT2D eigenvalue weighted by Gasteiger charge is -2.09. The van der Waals surface area contributed by atoms with E-state index >= 15 is 0 Å². The van der Waals surface area contributed by atoms with Crippen LogP contribution in [0.15, 0.2) is 28.6 Å². The molecule has 0 atom stereocenters. The Morgan fingerprint density at radius 1 is 1.29 bits per heavy atom. The average Bonchev–Trinajstić information content (AvgIpc) is 2.96. The van der Waals surface area contributed by atoms with E-state index in [1.807, 2.05) is 11.5 Å². The molecule has 2 aromatic heterocycles. The molecule has 3 rings (SSSR count). The Morgan fingerprint density at radius 3 is 2.83 bits per heavy atom. The lowest BCUT2D eigenvalue weighted by Crippen LogP contribution is -2.10. The van der Waals surface area contributed by atoms with Gasteiger partial charge in [0.1, 0.15) is 17.2 Å². The minimum atomic E-state index is -0.457.